The summed E-state index contributed by atoms with van der Waals surface area (Å²) in [6.45, 7) is 2.34. The van der Waals surface area contributed by atoms with Crippen LogP contribution in [0, 0.1) is 5.92 Å². The van der Waals surface area contributed by atoms with Gasteiger partial charge in [-0.05, 0) is 19.4 Å². The van der Waals surface area contributed by atoms with Gasteiger partial charge in [0.1, 0.15) is 5.82 Å². The molecule has 2 heterocycles. The van der Waals surface area contributed by atoms with E-state index in [1.165, 1.54) is 0 Å². The molecule has 2 rings (SSSR count). The van der Waals surface area contributed by atoms with E-state index >= 15 is 0 Å². The largest absolute Gasteiger partial charge is 0.349 e. The zero-order valence-electron chi connectivity index (χ0n) is 9.57. The van der Waals surface area contributed by atoms with Gasteiger partial charge in [0.15, 0.2) is 0 Å². The van der Waals surface area contributed by atoms with Gasteiger partial charge < -0.3 is 15.2 Å². The van der Waals surface area contributed by atoms with Crippen LogP contribution < -0.4 is 10.6 Å². The first-order valence-electron chi connectivity index (χ1n) is 5.72. The van der Waals surface area contributed by atoms with Gasteiger partial charge in [-0.2, -0.15) is 0 Å². The molecule has 0 unspecified atom stereocenters. The van der Waals surface area contributed by atoms with Gasteiger partial charge >= 0.3 is 0 Å². The molecule has 5 nitrogen and oxygen atoms in total. The van der Waals surface area contributed by atoms with E-state index in [9.17, 15) is 4.79 Å². The molecule has 1 amide bonds. The van der Waals surface area contributed by atoms with Crippen molar-refractivity contribution in [3.05, 3.63) is 18.2 Å². The second-order valence-electron chi connectivity index (χ2n) is 4.22. The Bertz CT molecular complexity index is 355. The normalized spacial score (nSPS) is 20.7. The molecule has 1 aliphatic heterocycles. The molecule has 1 aliphatic rings. The predicted octanol–water partition coefficient (Wildman–Crippen LogP) is 0.0359. The molecule has 1 saturated heterocycles. The van der Waals surface area contributed by atoms with E-state index in [1.54, 1.807) is 6.20 Å². The van der Waals surface area contributed by atoms with E-state index in [0.29, 0.717) is 6.54 Å². The van der Waals surface area contributed by atoms with Crippen molar-refractivity contribution in [2.45, 2.75) is 19.4 Å². The standard InChI is InChI=1S/C11H18N4O/c1-15-6-5-13-10(15)8-14-11(16)9-3-2-4-12-7-9/h5-6,9,12H,2-4,7-8H2,1H3,(H,14,16)/t9-/m0/s1. The van der Waals surface area contributed by atoms with Crippen LogP contribution in [0.25, 0.3) is 0 Å². The lowest BCUT2D eigenvalue weighted by Gasteiger charge is -2.21. The van der Waals surface area contributed by atoms with Crippen LogP contribution in [-0.4, -0.2) is 28.5 Å². The number of carbonyl (C=O) groups is 1. The summed E-state index contributed by atoms with van der Waals surface area (Å²) >= 11 is 0. The lowest BCUT2D eigenvalue weighted by Crippen LogP contribution is -2.40. The SMILES string of the molecule is Cn1ccnc1CNC(=O)[C@H]1CCCNC1. The van der Waals surface area contributed by atoms with E-state index < -0.39 is 0 Å². The minimum atomic E-state index is 0.119. The number of hydrogen-bond donors (Lipinski definition) is 2. The molecule has 1 aromatic rings. The first-order valence-corrected chi connectivity index (χ1v) is 5.72. The van der Waals surface area contributed by atoms with Gasteiger partial charge in [0.05, 0.1) is 12.5 Å². The monoisotopic (exact) mass is 222 g/mol. The fourth-order valence-electron chi connectivity index (χ4n) is 1.95. The van der Waals surface area contributed by atoms with Crippen molar-refractivity contribution in [1.82, 2.24) is 20.2 Å². The van der Waals surface area contributed by atoms with Crippen LogP contribution in [-0.2, 0) is 18.4 Å². The average Bonchev–Trinajstić information content (AvgIpc) is 2.73. The van der Waals surface area contributed by atoms with Crippen LogP contribution in [0.15, 0.2) is 12.4 Å². The highest BCUT2D eigenvalue weighted by Gasteiger charge is 2.20. The fraction of sp³-hybridized carbons (Fsp3) is 0.636. The van der Waals surface area contributed by atoms with E-state index in [0.717, 1.165) is 31.8 Å². The van der Waals surface area contributed by atoms with Crippen LogP contribution in [0.3, 0.4) is 0 Å². The highest BCUT2D eigenvalue weighted by molar-refractivity contribution is 5.78. The van der Waals surface area contributed by atoms with Crippen molar-refractivity contribution >= 4 is 5.91 Å². The first-order chi connectivity index (χ1) is 7.77. The Morgan fingerprint density at radius 1 is 1.75 bits per heavy atom. The van der Waals surface area contributed by atoms with Gasteiger partial charge in [0.2, 0.25) is 5.91 Å². The van der Waals surface area contributed by atoms with Gasteiger partial charge in [-0.25, -0.2) is 4.98 Å². The molecular formula is C11H18N4O. The number of amides is 1. The summed E-state index contributed by atoms with van der Waals surface area (Å²) < 4.78 is 1.92. The van der Waals surface area contributed by atoms with E-state index in [-0.39, 0.29) is 11.8 Å². The summed E-state index contributed by atoms with van der Waals surface area (Å²) in [7, 11) is 1.93. The zero-order valence-corrected chi connectivity index (χ0v) is 9.57. The minimum Gasteiger partial charge on any atom is -0.349 e. The molecule has 1 aromatic heterocycles. The summed E-state index contributed by atoms with van der Waals surface area (Å²) in [4.78, 5) is 16.0. The topological polar surface area (TPSA) is 59.0 Å². The zero-order chi connectivity index (χ0) is 11.4. The Morgan fingerprint density at radius 2 is 2.62 bits per heavy atom. The van der Waals surface area contributed by atoms with E-state index in [2.05, 4.69) is 15.6 Å². The van der Waals surface area contributed by atoms with Gasteiger partial charge in [-0.1, -0.05) is 0 Å². The first kappa shape index (κ1) is 11.1. The van der Waals surface area contributed by atoms with E-state index in [4.69, 9.17) is 0 Å². The van der Waals surface area contributed by atoms with Crippen molar-refractivity contribution in [3.63, 3.8) is 0 Å². The van der Waals surface area contributed by atoms with E-state index in [1.807, 2.05) is 17.8 Å². The molecule has 0 aliphatic carbocycles. The predicted molar refractivity (Wildman–Crippen MR) is 60.6 cm³/mol. The van der Waals surface area contributed by atoms with Crippen molar-refractivity contribution in [2.75, 3.05) is 13.1 Å². The van der Waals surface area contributed by atoms with Crippen molar-refractivity contribution < 1.29 is 4.79 Å². The van der Waals surface area contributed by atoms with Crippen LogP contribution in [0.2, 0.25) is 0 Å². The Hall–Kier alpha value is -1.36. The maximum Gasteiger partial charge on any atom is 0.224 e. The number of carbonyl (C=O) groups excluding carboxylic acids is 1. The Balaban J connectivity index is 1.81. The molecule has 88 valence electrons. The third-order valence-electron chi connectivity index (χ3n) is 3.01. The molecule has 1 fully saturated rings. The van der Waals surface area contributed by atoms with Gasteiger partial charge in [-0.15, -0.1) is 0 Å². The molecule has 0 aromatic carbocycles. The second kappa shape index (κ2) is 5.12. The quantitative estimate of drug-likeness (QED) is 0.759. The molecule has 0 saturated carbocycles. The second-order valence-corrected chi connectivity index (χ2v) is 4.22. The van der Waals surface area contributed by atoms with Crippen molar-refractivity contribution in [1.29, 1.82) is 0 Å². The number of piperidine rings is 1. The van der Waals surface area contributed by atoms with Gasteiger partial charge in [0.25, 0.3) is 0 Å². The summed E-state index contributed by atoms with van der Waals surface area (Å²) in [6.07, 6.45) is 5.69. The molecule has 0 bridgehead atoms. The van der Waals surface area contributed by atoms with Crippen molar-refractivity contribution in [3.8, 4) is 0 Å². The number of imidazole rings is 1. The van der Waals surface area contributed by atoms with Gasteiger partial charge in [-0.3, -0.25) is 4.79 Å². The molecule has 0 spiro atoms. The summed E-state index contributed by atoms with van der Waals surface area (Å²) in [5, 5.41) is 6.17. The van der Waals surface area contributed by atoms with Crippen molar-refractivity contribution in [2.24, 2.45) is 13.0 Å². The highest BCUT2D eigenvalue weighted by Crippen LogP contribution is 2.09. The summed E-state index contributed by atoms with van der Waals surface area (Å²) in [5.74, 6) is 1.14. The lowest BCUT2D eigenvalue weighted by molar-refractivity contribution is -0.125. The summed E-state index contributed by atoms with van der Waals surface area (Å²) in [6, 6.07) is 0. The number of rotatable bonds is 3. The molecule has 1 atom stereocenters. The number of nitrogens with one attached hydrogen (secondary N) is 2. The molecule has 5 heteroatoms. The lowest BCUT2D eigenvalue weighted by atomic mass is 9.99. The summed E-state index contributed by atoms with van der Waals surface area (Å²) in [5.41, 5.74) is 0. The third kappa shape index (κ3) is 2.61. The van der Waals surface area contributed by atoms with Crippen LogP contribution in [0.1, 0.15) is 18.7 Å². The highest BCUT2D eigenvalue weighted by atomic mass is 16.1. The fourth-order valence-corrected chi connectivity index (χ4v) is 1.95. The molecule has 2 N–H and O–H groups in total. The minimum absolute atomic E-state index is 0.119. The van der Waals surface area contributed by atoms with Crippen LogP contribution >= 0.6 is 0 Å². The maximum absolute atomic E-state index is 11.8. The third-order valence-corrected chi connectivity index (χ3v) is 3.01. The van der Waals surface area contributed by atoms with Gasteiger partial charge in [0, 0.05) is 26.0 Å². The molecule has 16 heavy (non-hydrogen) atoms. The number of nitrogens with zero attached hydrogens (tertiary/aromatic N) is 2. The number of aromatic nitrogens is 2. The molecular weight excluding hydrogens is 204 g/mol. The van der Waals surface area contributed by atoms with Crippen LogP contribution in [0.5, 0.6) is 0 Å². The Kier molecular flexibility index (Phi) is 3.56. The van der Waals surface area contributed by atoms with Crippen LogP contribution in [0.4, 0.5) is 0 Å². The Morgan fingerprint density at radius 3 is 3.25 bits per heavy atom. The maximum atomic E-state index is 11.8. The molecule has 0 radical (unpaired) electrons. The number of hydrogen-bond acceptors (Lipinski definition) is 3. The number of aryl methyl sites for hydroxylation is 1. The average molecular weight is 222 g/mol. The smallest absolute Gasteiger partial charge is 0.224 e. The Labute approximate surface area is 95.2 Å².